The van der Waals surface area contributed by atoms with Crippen molar-refractivity contribution in [1.82, 2.24) is 4.90 Å². The molecule has 2 aromatic carbocycles. The molecule has 116 valence electrons. The fraction of sp³-hybridized carbons (Fsp3) is 0.389. The lowest BCUT2D eigenvalue weighted by Crippen LogP contribution is -2.44. The summed E-state index contributed by atoms with van der Waals surface area (Å²) in [5.41, 5.74) is 0. The first-order chi connectivity index (χ1) is 10.7. The van der Waals surface area contributed by atoms with Crippen molar-refractivity contribution in [3.8, 4) is 5.75 Å². The third kappa shape index (κ3) is 3.12. The Kier molecular flexibility index (Phi) is 4.67. The zero-order chi connectivity index (χ0) is 15.5. The van der Waals surface area contributed by atoms with Crippen molar-refractivity contribution in [2.24, 2.45) is 0 Å². The monoisotopic (exact) mass is 361 g/mol. The third-order valence-electron chi connectivity index (χ3n) is 4.30. The Hall–Kier alpha value is -1.55. The number of ether oxygens (including phenoxy) is 1. The molecule has 1 aliphatic rings. The largest absolute Gasteiger partial charge is 0.483 e. The predicted octanol–water partition coefficient (Wildman–Crippen LogP) is 4.38. The Labute approximate surface area is 139 Å². The van der Waals surface area contributed by atoms with Crippen LogP contribution >= 0.6 is 15.9 Å². The van der Waals surface area contributed by atoms with Gasteiger partial charge in [0.1, 0.15) is 5.75 Å². The fourth-order valence-corrected chi connectivity index (χ4v) is 3.62. The van der Waals surface area contributed by atoms with Crippen LogP contribution in [-0.4, -0.2) is 30.0 Å². The van der Waals surface area contributed by atoms with E-state index in [-0.39, 0.29) is 12.5 Å². The van der Waals surface area contributed by atoms with Gasteiger partial charge in [-0.25, -0.2) is 0 Å². The van der Waals surface area contributed by atoms with Crippen LogP contribution in [0.5, 0.6) is 5.75 Å². The first-order valence-corrected chi connectivity index (χ1v) is 8.55. The lowest BCUT2D eigenvalue weighted by Gasteiger charge is -2.33. The standard InChI is InChI=1S/C18H20BrNO2/c1-13-6-4-5-11-20(13)17(21)12-22-16-10-9-14-7-2-3-8-15(14)18(16)19/h2-3,7-10,13H,4-6,11-12H2,1H3. The minimum atomic E-state index is 0.0762. The van der Waals surface area contributed by atoms with Crippen LogP contribution < -0.4 is 4.74 Å². The molecule has 3 nitrogen and oxygen atoms in total. The Morgan fingerprint density at radius 2 is 2.09 bits per heavy atom. The molecule has 1 fully saturated rings. The van der Waals surface area contributed by atoms with Gasteiger partial charge in [-0.1, -0.05) is 30.3 Å². The second-order valence-electron chi connectivity index (χ2n) is 5.82. The highest BCUT2D eigenvalue weighted by molar-refractivity contribution is 9.10. The van der Waals surface area contributed by atoms with Crippen LogP contribution in [0.2, 0.25) is 0 Å². The van der Waals surface area contributed by atoms with Gasteiger partial charge in [-0.2, -0.15) is 0 Å². The van der Waals surface area contributed by atoms with E-state index in [1.807, 2.05) is 35.2 Å². The summed E-state index contributed by atoms with van der Waals surface area (Å²) < 4.78 is 6.68. The van der Waals surface area contributed by atoms with E-state index in [1.165, 1.54) is 6.42 Å². The van der Waals surface area contributed by atoms with Gasteiger partial charge in [-0.3, -0.25) is 4.79 Å². The molecule has 1 saturated heterocycles. The molecule has 3 rings (SSSR count). The number of fused-ring (bicyclic) bond motifs is 1. The van der Waals surface area contributed by atoms with E-state index in [2.05, 4.69) is 28.9 Å². The number of hydrogen-bond acceptors (Lipinski definition) is 2. The van der Waals surface area contributed by atoms with Crippen molar-refractivity contribution in [2.75, 3.05) is 13.2 Å². The van der Waals surface area contributed by atoms with E-state index in [0.717, 1.165) is 40.4 Å². The van der Waals surface area contributed by atoms with E-state index in [1.54, 1.807) is 0 Å². The van der Waals surface area contributed by atoms with Gasteiger partial charge in [0, 0.05) is 12.6 Å². The summed E-state index contributed by atoms with van der Waals surface area (Å²) in [4.78, 5) is 14.3. The van der Waals surface area contributed by atoms with Crippen molar-refractivity contribution < 1.29 is 9.53 Å². The fourth-order valence-electron chi connectivity index (χ4n) is 3.02. The third-order valence-corrected chi connectivity index (χ3v) is 5.12. The summed E-state index contributed by atoms with van der Waals surface area (Å²) >= 11 is 3.59. The Morgan fingerprint density at radius 1 is 1.27 bits per heavy atom. The van der Waals surface area contributed by atoms with E-state index in [9.17, 15) is 4.79 Å². The maximum Gasteiger partial charge on any atom is 0.260 e. The van der Waals surface area contributed by atoms with Crippen LogP contribution in [0.1, 0.15) is 26.2 Å². The van der Waals surface area contributed by atoms with Crippen molar-refractivity contribution in [1.29, 1.82) is 0 Å². The highest BCUT2D eigenvalue weighted by Gasteiger charge is 2.23. The molecule has 1 unspecified atom stereocenters. The molecule has 0 aliphatic carbocycles. The second kappa shape index (κ2) is 6.69. The summed E-state index contributed by atoms with van der Waals surface area (Å²) in [5.74, 6) is 0.795. The van der Waals surface area contributed by atoms with Gasteiger partial charge < -0.3 is 9.64 Å². The SMILES string of the molecule is CC1CCCCN1C(=O)COc1ccc2ccccc2c1Br. The number of benzene rings is 2. The molecule has 22 heavy (non-hydrogen) atoms. The van der Waals surface area contributed by atoms with Crippen LogP contribution in [0.15, 0.2) is 40.9 Å². The quantitative estimate of drug-likeness (QED) is 0.811. The summed E-state index contributed by atoms with van der Waals surface area (Å²) in [5, 5.41) is 2.25. The van der Waals surface area contributed by atoms with Crippen molar-refractivity contribution in [2.45, 2.75) is 32.2 Å². The van der Waals surface area contributed by atoms with Crippen LogP contribution in [0.3, 0.4) is 0 Å². The molecule has 0 saturated carbocycles. The van der Waals surface area contributed by atoms with Gasteiger partial charge in [0.2, 0.25) is 0 Å². The van der Waals surface area contributed by atoms with Crippen LogP contribution in [0.25, 0.3) is 10.8 Å². The van der Waals surface area contributed by atoms with E-state index < -0.39 is 0 Å². The first kappa shape index (κ1) is 15.3. The summed E-state index contributed by atoms with van der Waals surface area (Å²) in [6, 6.07) is 12.4. The Bertz CT molecular complexity index is 686. The summed E-state index contributed by atoms with van der Waals surface area (Å²) in [6.45, 7) is 3.06. The molecular weight excluding hydrogens is 342 g/mol. The maximum absolute atomic E-state index is 12.3. The van der Waals surface area contributed by atoms with Crippen molar-refractivity contribution in [3.05, 3.63) is 40.9 Å². The number of carbonyl (C=O) groups is 1. The molecule has 0 radical (unpaired) electrons. The van der Waals surface area contributed by atoms with Gasteiger partial charge in [0.15, 0.2) is 6.61 Å². The normalized spacial score (nSPS) is 18.5. The average Bonchev–Trinajstić information content (AvgIpc) is 2.55. The number of amides is 1. The van der Waals surface area contributed by atoms with Crippen molar-refractivity contribution >= 4 is 32.6 Å². The molecule has 0 spiro atoms. The smallest absolute Gasteiger partial charge is 0.260 e. The minimum absolute atomic E-state index is 0.0762. The molecule has 0 bridgehead atoms. The van der Waals surface area contributed by atoms with Gasteiger partial charge in [-0.15, -0.1) is 0 Å². The molecule has 4 heteroatoms. The van der Waals surface area contributed by atoms with Crippen molar-refractivity contribution in [3.63, 3.8) is 0 Å². The summed E-state index contributed by atoms with van der Waals surface area (Å²) in [6.07, 6.45) is 3.39. The predicted molar refractivity (Wildman–Crippen MR) is 92.2 cm³/mol. The molecule has 0 N–H and O–H groups in total. The first-order valence-electron chi connectivity index (χ1n) is 7.76. The zero-order valence-electron chi connectivity index (χ0n) is 12.7. The van der Waals surface area contributed by atoms with Gasteiger partial charge in [0.05, 0.1) is 4.47 Å². The number of rotatable bonds is 3. The Balaban J connectivity index is 1.71. The highest BCUT2D eigenvalue weighted by Crippen LogP contribution is 2.33. The Morgan fingerprint density at radius 3 is 2.91 bits per heavy atom. The molecule has 1 aliphatic heterocycles. The number of nitrogens with zero attached hydrogens (tertiary/aromatic N) is 1. The lowest BCUT2D eigenvalue weighted by molar-refractivity contribution is -0.136. The second-order valence-corrected chi connectivity index (χ2v) is 6.61. The molecule has 2 aromatic rings. The molecule has 1 amide bonds. The lowest BCUT2D eigenvalue weighted by atomic mass is 10.0. The number of halogens is 1. The van der Waals surface area contributed by atoms with Gasteiger partial charge >= 0.3 is 0 Å². The number of hydrogen-bond donors (Lipinski definition) is 0. The van der Waals surface area contributed by atoms with E-state index >= 15 is 0 Å². The van der Waals surface area contributed by atoms with E-state index in [4.69, 9.17) is 4.74 Å². The minimum Gasteiger partial charge on any atom is -0.483 e. The van der Waals surface area contributed by atoms with Gasteiger partial charge in [-0.05, 0) is 59.0 Å². The topological polar surface area (TPSA) is 29.5 Å². The molecular formula is C18H20BrNO2. The maximum atomic E-state index is 12.3. The number of piperidine rings is 1. The number of carbonyl (C=O) groups excluding carboxylic acids is 1. The van der Waals surface area contributed by atoms with E-state index in [0.29, 0.717) is 6.04 Å². The van der Waals surface area contributed by atoms with Crippen LogP contribution in [0, 0.1) is 0 Å². The highest BCUT2D eigenvalue weighted by atomic mass is 79.9. The molecule has 0 aromatic heterocycles. The zero-order valence-corrected chi connectivity index (χ0v) is 14.3. The van der Waals surface area contributed by atoms with Crippen LogP contribution in [0.4, 0.5) is 0 Å². The average molecular weight is 362 g/mol. The molecule has 1 heterocycles. The van der Waals surface area contributed by atoms with Crippen LogP contribution in [-0.2, 0) is 4.79 Å². The van der Waals surface area contributed by atoms with Gasteiger partial charge in [0.25, 0.3) is 5.91 Å². The molecule has 1 atom stereocenters. The summed E-state index contributed by atoms with van der Waals surface area (Å²) in [7, 11) is 0. The number of likely N-dealkylation sites (tertiary alicyclic amines) is 1.